The van der Waals surface area contributed by atoms with Crippen molar-refractivity contribution in [2.45, 2.75) is 44.0 Å². The molecule has 0 saturated heterocycles. The molecule has 1 aliphatic rings. The van der Waals surface area contributed by atoms with Crippen LogP contribution in [0.15, 0.2) is 89.8 Å². The van der Waals surface area contributed by atoms with Crippen molar-refractivity contribution >= 4 is 27.5 Å². The predicted molar refractivity (Wildman–Crippen MR) is 140 cm³/mol. The first-order valence-corrected chi connectivity index (χ1v) is 13.3. The Hall–Kier alpha value is -3.71. The molecule has 1 aliphatic heterocycles. The second-order valence-electron chi connectivity index (χ2n) is 8.88. The van der Waals surface area contributed by atoms with Crippen molar-refractivity contribution in [2.75, 3.05) is 10.9 Å². The summed E-state index contributed by atoms with van der Waals surface area (Å²) in [6.45, 7) is 5.71. The molecule has 0 fully saturated rings. The van der Waals surface area contributed by atoms with E-state index in [1.54, 1.807) is 49.4 Å². The minimum absolute atomic E-state index is 0.0816. The fourth-order valence-corrected chi connectivity index (χ4v) is 6.24. The molecule has 0 amide bonds. The van der Waals surface area contributed by atoms with Crippen LogP contribution in [0.25, 0.3) is 0 Å². The third-order valence-corrected chi connectivity index (χ3v) is 8.12. The standard InChI is InChI=1S/C29H29NO5S/c1-4-35-29(32)17-16-27-25(19-28(31)22-9-7-8-21(3)18-22)24-10-5-6-11-26(24)30(27)36(33,34)23-14-12-20(2)13-15-23/h5-18,25,27H,4,19H2,1-3H3/b17-16+/t25-,27+/m1/s1. The lowest BCUT2D eigenvalue weighted by Gasteiger charge is -2.27. The number of rotatable bonds is 8. The number of ketones is 1. The zero-order valence-electron chi connectivity index (χ0n) is 20.5. The first kappa shape index (κ1) is 25.4. The molecule has 0 bridgehead atoms. The summed E-state index contributed by atoms with van der Waals surface area (Å²) in [5.41, 5.74) is 3.72. The van der Waals surface area contributed by atoms with Gasteiger partial charge in [0.15, 0.2) is 5.78 Å². The van der Waals surface area contributed by atoms with Crippen molar-refractivity contribution in [1.29, 1.82) is 0 Å². The Morgan fingerprint density at radius 1 is 0.944 bits per heavy atom. The number of fused-ring (bicyclic) bond motifs is 1. The molecule has 6 nitrogen and oxygen atoms in total. The molecule has 0 aliphatic carbocycles. The summed E-state index contributed by atoms with van der Waals surface area (Å²) in [4.78, 5) is 25.7. The van der Waals surface area contributed by atoms with Crippen LogP contribution in [-0.4, -0.2) is 32.8 Å². The number of Topliss-reactive ketones (excluding diaryl/α,β-unsaturated/α-hetero) is 1. The minimum Gasteiger partial charge on any atom is -0.463 e. The number of ether oxygens (including phenoxy) is 1. The lowest BCUT2D eigenvalue weighted by atomic mass is 9.88. The van der Waals surface area contributed by atoms with Gasteiger partial charge in [-0.25, -0.2) is 13.2 Å². The minimum atomic E-state index is -4.00. The molecular formula is C29H29NO5S. The largest absolute Gasteiger partial charge is 0.463 e. The van der Waals surface area contributed by atoms with Gasteiger partial charge in [-0.3, -0.25) is 9.10 Å². The Labute approximate surface area is 212 Å². The summed E-state index contributed by atoms with van der Waals surface area (Å²) in [5.74, 6) is -1.15. The Morgan fingerprint density at radius 2 is 1.67 bits per heavy atom. The number of sulfonamides is 1. The normalized spacial score (nSPS) is 17.2. The molecule has 0 N–H and O–H groups in total. The number of hydrogen-bond donors (Lipinski definition) is 0. The summed E-state index contributed by atoms with van der Waals surface area (Å²) < 4.78 is 34.2. The molecule has 36 heavy (non-hydrogen) atoms. The number of nitrogens with zero attached hydrogens (tertiary/aromatic N) is 1. The van der Waals surface area contributed by atoms with Gasteiger partial charge in [-0.2, -0.15) is 0 Å². The number of benzene rings is 3. The number of aryl methyl sites for hydroxylation is 2. The van der Waals surface area contributed by atoms with E-state index in [9.17, 15) is 18.0 Å². The van der Waals surface area contributed by atoms with Crippen molar-refractivity contribution in [3.63, 3.8) is 0 Å². The molecule has 1 heterocycles. The first-order valence-electron chi connectivity index (χ1n) is 11.9. The highest BCUT2D eigenvalue weighted by molar-refractivity contribution is 7.93. The number of esters is 1. The van der Waals surface area contributed by atoms with Crippen LogP contribution >= 0.6 is 0 Å². The monoisotopic (exact) mass is 503 g/mol. The van der Waals surface area contributed by atoms with E-state index in [0.717, 1.165) is 16.7 Å². The Kier molecular flexibility index (Phi) is 7.40. The summed E-state index contributed by atoms with van der Waals surface area (Å²) in [6, 6.07) is 20.4. The van der Waals surface area contributed by atoms with Crippen molar-refractivity contribution in [2.24, 2.45) is 0 Å². The predicted octanol–water partition coefficient (Wildman–Crippen LogP) is 5.36. The summed E-state index contributed by atoms with van der Waals surface area (Å²) in [6.07, 6.45) is 2.87. The third kappa shape index (κ3) is 5.11. The van der Waals surface area contributed by atoms with Gasteiger partial charge >= 0.3 is 5.97 Å². The number of anilines is 1. The maximum absolute atomic E-state index is 13.9. The van der Waals surface area contributed by atoms with Crippen LogP contribution in [-0.2, 0) is 19.6 Å². The van der Waals surface area contributed by atoms with Gasteiger partial charge < -0.3 is 4.74 Å². The SMILES string of the molecule is CCOC(=O)/C=C/[C@H]1[C@H](CC(=O)c2cccc(C)c2)c2ccccc2N1S(=O)(=O)c1ccc(C)cc1. The van der Waals surface area contributed by atoms with Crippen molar-refractivity contribution in [3.8, 4) is 0 Å². The molecule has 2 atom stereocenters. The maximum Gasteiger partial charge on any atom is 0.330 e. The molecule has 0 radical (unpaired) electrons. The fourth-order valence-electron chi connectivity index (χ4n) is 4.57. The topological polar surface area (TPSA) is 80.8 Å². The van der Waals surface area contributed by atoms with Gasteiger partial charge in [-0.1, -0.05) is 65.7 Å². The first-order chi connectivity index (χ1) is 17.2. The highest BCUT2D eigenvalue weighted by atomic mass is 32.2. The van der Waals surface area contributed by atoms with Gasteiger partial charge in [0.05, 0.1) is 23.2 Å². The van der Waals surface area contributed by atoms with Crippen LogP contribution < -0.4 is 4.31 Å². The highest BCUT2D eigenvalue weighted by Crippen LogP contribution is 2.46. The van der Waals surface area contributed by atoms with Crippen LogP contribution in [0.2, 0.25) is 0 Å². The van der Waals surface area contributed by atoms with E-state index >= 15 is 0 Å². The summed E-state index contributed by atoms with van der Waals surface area (Å²) >= 11 is 0. The zero-order valence-corrected chi connectivity index (χ0v) is 21.4. The van der Waals surface area contributed by atoms with Gasteiger partial charge in [0.25, 0.3) is 10.0 Å². The Morgan fingerprint density at radius 3 is 2.36 bits per heavy atom. The molecule has 186 valence electrons. The summed E-state index contributed by atoms with van der Waals surface area (Å²) in [5, 5.41) is 0. The van der Waals surface area contributed by atoms with E-state index in [4.69, 9.17) is 4.74 Å². The molecule has 3 aromatic rings. The van der Waals surface area contributed by atoms with Crippen LogP contribution in [0, 0.1) is 13.8 Å². The number of carbonyl (C=O) groups excluding carboxylic acids is 2. The van der Waals surface area contributed by atoms with Gasteiger partial charge in [0.2, 0.25) is 0 Å². The van der Waals surface area contributed by atoms with Crippen molar-refractivity contribution in [3.05, 3.63) is 107 Å². The molecule has 0 unspecified atom stereocenters. The Bertz CT molecular complexity index is 1410. The molecular weight excluding hydrogens is 474 g/mol. The second-order valence-corrected chi connectivity index (χ2v) is 10.7. The molecule has 0 aromatic heterocycles. The van der Waals surface area contributed by atoms with Gasteiger partial charge in [-0.05, 0) is 50.6 Å². The zero-order chi connectivity index (χ0) is 25.9. The Balaban J connectivity index is 1.81. The van der Waals surface area contributed by atoms with Crippen LogP contribution in [0.5, 0.6) is 0 Å². The molecule has 4 rings (SSSR count). The van der Waals surface area contributed by atoms with Crippen LogP contribution in [0.4, 0.5) is 5.69 Å². The second kappa shape index (κ2) is 10.5. The smallest absolute Gasteiger partial charge is 0.330 e. The number of hydrogen-bond acceptors (Lipinski definition) is 5. The van der Waals surface area contributed by atoms with E-state index in [2.05, 4.69) is 0 Å². The number of carbonyl (C=O) groups is 2. The van der Waals surface area contributed by atoms with Crippen LogP contribution in [0.1, 0.15) is 46.3 Å². The quantitative estimate of drug-likeness (QED) is 0.235. The maximum atomic E-state index is 13.9. The molecule has 7 heteroatoms. The lowest BCUT2D eigenvalue weighted by molar-refractivity contribution is -0.137. The van der Waals surface area contributed by atoms with E-state index in [1.165, 1.54) is 16.5 Å². The average Bonchev–Trinajstić information content (AvgIpc) is 3.17. The van der Waals surface area contributed by atoms with E-state index in [-0.39, 0.29) is 23.7 Å². The average molecular weight is 504 g/mol. The van der Waals surface area contributed by atoms with Gasteiger partial charge in [0, 0.05) is 24.0 Å². The lowest BCUT2D eigenvalue weighted by Crippen LogP contribution is -2.38. The number of para-hydroxylation sites is 1. The van der Waals surface area contributed by atoms with E-state index < -0.39 is 28.0 Å². The fraction of sp³-hybridized carbons (Fsp3) is 0.241. The molecule has 0 saturated carbocycles. The van der Waals surface area contributed by atoms with Gasteiger partial charge in [-0.15, -0.1) is 0 Å². The summed E-state index contributed by atoms with van der Waals surface area (Å²) in [7, 11) is -4.00. The van der Waals surface area contributed by atoms with E-state index in [0.29, 0.717) is 11.3 Å². The highest BCUT2D eigenvalue weighted by Gasteiger charge is 2.44. The van der Waals surface area contributed by atoms with Crippen molar-refractivity contribution < 1.29 is 22.7 Å². The molecule has 3 aromatic carbocycles. The third-order valence-electron chi connectivity index (χ3n) is 6.30. The van der Waals surface area contributed by atoms with E-state index in [1.807, 2.05) is 44.2 Å². The molecule has 0 spiro atoms. The van der Waals surface area contributed by atoms with Gasteiger partial charge in [0.1, 0.15) is 0 Å². The van der Waals surface area contributed by atoms with Crippen molar-refractivity contribution in [1.82, 2.24) is 0 Å². The van der Waals surface area contributed by atoms with Crippen LogP contribution in [0.3, 0.4) is 0 Å².